The van der Waals surface area contributed by atoms with Gasteiger partial charge in [-0.3, -0.25) is 10.1 Å². The monoisotopic (exact) mass is 528 g/mol. The van der Waals surface area contributed by atoms with Gasteiger partial charge in [0.2, 0.25) is 0 Å². The second-order valence-electron chi connectivity index (χ2n) is 9.03. The van der Waals surface area contributed by atoms with Gasteiger partial charge in [-0.15, -0.1) is 0 Å². The summed E-state index contributed by atoms with van der Waals surface area (Å²) < 4.78 is 15.3. The maximum absolute atomic E-state index is 12.6. The van der Waals surface area contributed by atoms with Gasteiger partial charge in [-0.25, -0.2) is 14.6 Å². The third-order valence-corrected chi connectivity index (χ3v) is 5.18. The summed E-state index contributed by atoms with van der Waals surface area (Å²) >= 11 is 6.42. The molecule has 0 aliphatic carbocycles. The van der Waals surface area contributed by atoms with Gasteiger partial charge < -0.3 is 24.5 Å². The Balaban J connectivity index is 1.79. The van der Waals surface area contributed by atoms with Crippen LogP contribution in [-0.2, 0) is 25.6 Å². The van der Waals surface area contributed by atoms with Crippen molar-refractivity contribution in [3.63, 3.8) is 0 Å². The lowest BCUT2D eigenvalue weighted by atomic mass is 10.1. The molecule has 1 aromatic heterocycles. The van der Waals surface area contributed by atoms with E-state index in [4.69, 9.17) is 21.1 Å². The molecule has 3 N–H and O–H groups in total. The van der Waals surface area contributed by atoms with Crippen LogP contribution in [0.1, 0.15) is 44.6 Å². The van der Waals surface area contributed by atoms with Crippen LogP contribution in [0, 0.1) is 0 Å². The van der Waals surface area contributed by atoms with E-state index in [1.807, 2.05) is 30.3 Å². The smallest absolute Gasteiger partial charge is 0.411 e. The number of hydrogen-bond acceptors (Lipinski definition) is 7. The van der Waals surface area contributed by atoms with Crippen LogP contribution in [-0.4, -0.2) is 40.8 Å². The van der Waals surface area contributed by atoms with Crippen molar-refractivity contribution in [1.82, 2.24) is 15.3 Å². The molecule has 0 aliphatic heterocycles. The molecule has 0 saturated heterocycles. The summed E-state index contributed by atoms with van der Waals surface area (Å²) in [7, 11) is 1.27. The Hall–Kier alpha value is -4.05. The number of esters is 1. The summed E-state index contributed by atoms with van der Waals surface area (Å²) in [4.78, 5) is 44.0. The Morgan fingerprint density at radius 1 is 1.03 bits per heavy atom. The average molecular weight is 529 g/mol. The molecule has 11 heteroatoms. The van der Waals surface area contributed by atoms with Gasteiger partial charge in [0, 0.05) is 11.3 Å². The van der Waals surface area contributed by atoms with E-state index in [0.717, 1.165) is 5.56 Å². The van der Waals surface area contributed by atoms with E-state index < -0.39 is 29.8 Å². The van der Waals surface area contributed by atoms with Crippen LogP contribution in [0.25, 0.3) is 11.3 Å². The fourth-order valence-corrected chi connectivity index (χ4v) is 3.48. The van der Waals surface area contributed by atoms with Crippen LogP contribution in [0.15, 0.2) is 54.6 Å². The topological polar surface area (TPSA) is 132 Å². The van der Waals surface area contributed by atoms with Crippen molar-refractivity contribution in [1.29, 1.82) is 0 Å². The van der Waals surface area contributed by atoms with Crippen LogP contribution in [0.2, 0.25) is 5.15 Å². The maximum Gasteiger partial charge on any atom is 0.411 e. The second-order valence-corrected chi connectivity index (χ2v) is 9.41. The number of carbonyl (C=O) groups is 3. The largest absolute Gasteiger partial charge is 0.461 e. The quantitative estimate of drug-likeness (QED) is 0.256. The Morgan fingerprint density at radius 3 is 2.32 bits per heavy atom. The minimum absolute atomic E-state index is 0.0922. The Labute approximate surface area is 219 Å². The number of amides is 2. The van der Waals surface area contributed by atoms with Gasteiger partial charge >= 0.3 is 18.2 Å². The van der Waals surface area contributed by atoms with Gasteiger partial charge in [0.05, 0.1) is 13.5 Å². The van der Waals surface area contributed by atoms with Crippen molar-refractivity contribution in [2.45, 2.75) is 45.4 Å². The van der Waals surface area contributed by atoms with Crippen LogP contribution >= 0.6 is 11.6 Å². The zero-order valence-electron chi connectivity index (χ0n) is 21.0. The van der Waals surface area contributed by atoms with E-state index in [2.05, 4.69) is 25.3 Å². The summed E-state index contributed by atoms with van der Waals surface area (Å²) in [5.41, 5.74) is 1.66. The second kappa shape index (κ2) is 12.3. The number of halogens is 1. The van der Waals surface area contributed by atoms with Gasteiger partial charge in [-0.2, -0.15) is 0 Å². The number of alkyl carbamates (subject to hydrolysis) is 1. The number of rotatable bonds is 8. The molecule has 0 fully saturated rings. The minimum atomic E-state index is -0.898. The minimum Gasteiger partial charge on any atom is -0.461 e. The summed E-state index contributed by atoms with van der Waals surface area (Å²) in [5, 5.41) is 5.44. The summed E-state index contributed by atoms with van der Waals surface area (Å²) in [6, 6.07) is 15.1. The van der Waals surface area contributed by atoms with Crippen LogP contribution in [0.3, 0.4) is 0 Å². The highest BCUT2D eigenvalue weighted by Gasteiger charge is 2.27. The Bertz CT molecular complexity index is 1220. The molecule has 196 valence electrons. The molecule has 0 unspecified atom stereocenters. The molecule has 2 amide bonds. The number of benzene rings is 2. The number of imidazole rings is 1. The van der Waals surface area contributed by atoms with Crippen molar-refractivity contribution >= 4 is 35.4 Å². The first-order chi connectivity index (χ1) is 17.5. The number of hydrogen-bond donors (Lipinski definition) is 3. The molecule has 0 saturated carbocycles. The molecule has 3 aromatic rings. The number of aromatic amines is 1. The van der Waals surface area contributed by atoms with Crippen molar-refractivity contribution in [2.24, 2.45) is 0 Å². The predicted molar refractivity (Wildman–Crippen MR) is 138 cm³/mol. The van der Waals surface area contributed by atoms with E-state index in [1.165, 1.54) is 7.11 Å². The molecule has 37 heavy (non-hydrogen) atoms. The Morgan fingerprint density at radius 2 is 1.70 bits per heavy atom. The van der Waals surface area contributed by atoms with Crippen molar-refractivity contribution < 1.29 is 28.6 Å². The number of methoxy groups -OCH3 is 1. The van der Waals surface area contributed by atoms with Gasteiger partial charge in [-0.05, 0) is 38.5 Å². The highest BCUT2D eigenvalue weighted by Crippen LogP contribution is 2.29. The highest BCUT2D eigenvalue weighted by molar-refractivity contribution is 6.31. The fourth-order valence-electron chi connectivity index (χ4n) is 3.24. The molecule has 3 rings (SSSR count). The summed E-state index contributed by atoms with van der Waals surface area (Å²) in [6.45, 7) is 5.29. The summed E-state index contributed by atoms with van der Waals surface area (Å²) in [6.07, 6.45) is -1.53. The van der Waals surface area contributed by atoms with E-state index in [0.29, 0.717) is 16.9 Å². The molecule has 1 heterocycles. The standard InChI is InChI=1S/C26H29ClN4O6/c1-26(2,3)37-25(34)29-19(14-20(32)36-15-16-8-6-5-7-9-16)23-30-21(22(27)31-23)17-10-12-18(13-11-17)28-24(33)35-4/h5-13,19H,14-15H2,1-4H3,(H,28,33)(H,29,34)(H,30,31)/t19-/m0/s1. The third-order valence-electron chi connectivity index (χ3n) is 4.90. The SMILES string of the molecule is COC(=O)Nc1ccc(-c2nc([C@H](CC(=O)OCc3ccccc3)NC(=O)OC(C)(C)C)[nH]c2Cl)cc1. The fraction of sp³-hybridized carbons (Fsp3) is 0.308. The average Bonchev–Trinajstić information content (AvgIpc) is 3.23. The zero-order valence-corrected chi connectivity index (χ0v) is 21.7. The zero-order chi connectivity index (χ0) is 27.0. The number of aromatic nitrogens is 2. The van der Waals surface area contributed by atoms with Gasteiger partial charge in [0.1, 0.15) is 34.9 Å². The first-order valence-electron chi connectivity index (χ1n) is 11.4. The predicted octanol–water partition coefficient (Wildman–Crippen LogP) is 5.61. The van der Waals surface area contributed by atoms with Crippen molar-refractivity contribution in [2.75, 3.05) is 12.4 Å². The molecule has 0 aliphatic rings. The lowest BCUT2D eigenvalue weighted by Crippen LogP contribution is -2.36. The van der Waals surface area contributed by atoms with E-state index in [9.17, 15) is 14.4 Å². The number of nitrogens with zero attached hydrogens (tertiary/aromatic N) is 1. The van der Waals surface area contributed by atoms with Gasteiger partial charge in [0.15, 0.2) is 0 Å². The number of ether oxygens (including phenoxy) is 3. The molecule has 0 radical (unpaired) electrons. The Kier molecular flexibility index (Phi) is 9.13. The normalized spacial score (nSPS) is 11.8. The third kappa shape index (κ3) is 8.53. The number of anilines is 1. The number of H-pyrrole nitrogens is 1. The van der Waals surface area contributed by atoms with E-state index in [1.54, 1.807) is 45.0 Å². The molecule has 1 atom stereocenters. The lowest BCUT2D eigenvalue weighted by Gasteiger charge is -2.22. The van der Waals surface area contributed by atoms with Crippen LogP contribution < -0.4 is 10.6 Å². The van der Waals surface area contributed by atoms with Crippen molar-refractivity contribution in [3.05, 3.63) is 71.1 Å². The molecule has 0 spiro atoms. The molecular weight excluding hydrogens is 500 g/mol. The number of nitrogens with one attached hydrogen (secondary N) is 3. The van der Waals surface area contributed by atoms with Crippen LogP contribution in [0.5, 0.6) is 0 Å². The van der Waals surface area contributed by atoms with E-state index in [-0.39, 0.29) is 24.0 Å². The lowest BCUT2D eigenvalue weighted by molar-refractivity contribution is -0.145. The van der Waals surface area contributed by atoms with Gasteiger partial charge in [0.25, 0.3) is 0 Å². The summed E-state index contributed by atoms with van der Waals surface area (Å²) in [5.74, 6) is -0.295. The molecule has 2 aromatic carbocycles. The highest BCUT2D eigenvalue weighted by atomic mass is 35.5. The molecular formula is C26H29ClN4O6. The first-order valence-corrected chi connectivity index (χ1v) is 11.8. The van der Waals surface area contributed by atoms with E-state index >= 15 is 0 Å². The first kappa shape index (κ1) is 27.5. The molecule has 10 nitrogen and oxygen atoms in total. The molecule has 0 bridgehead atoms. The maximum atomic E-state index is 12.6. The number of carbonyl (C=O) groups excluding carboxylic acids is 3. The van der Waals surface area contributed by atoms with Gasteiger partial charge in [-0.1, -0.05) is 54.1 Å². The van der Waals surface area contributed by atoms with Crippen LogP contribution in [0.4, 0.5) is 15.3 Å². The van der Waals surface area contributed by atoms with Crippen molar-refractivity contribution in [3.8, 4) is 11.3 Å².